The van der Waals surface area contributed by atoms with Gasteiger partial charge >= 0.3 is 6.09 Å². The van der Waals surface area contributed by atoms with E-state index in [2.05, 4.69) is 4.98 Å². The summed E-state index contributed by atoms with van der Waals surface area (Å²) in [6.07, 6.45) is 1.58. The van der Waals surface area contributed by atoms with E-state index in [0.717, 1.165) is 11.3 Å². The van der Waals surface area contributed by atoms with Gasteiger partial charge in [0.15, 0.2) is 0 Å². The lowest BCUT2D eigenvalue weighted by molar-refractivity contribution is 0.149. The molecule has 1 unspecified atom stereocenters. The summed E-state index contributed by atoms with van der Waals surface area (Å²) in [4.78, 5) is 17.6. The molecule has 1 aliphatic rings. The molecule has 1 atom stereocenters. The molecule has 4 heteroatoms. The van der Waals surface area contributed by atoms with E-state index in [1.54, 1.807) is 4.90 Å². The van der Waals surface area contributed by atoms with Crippen LogP contribution in [0, 0.1) is 6.92 Å². The zero-order valence-corrected chi connectivity index (χ0v) is 9.80. The first-order chi connectivity index (χ1) is 7.59. The number of hydrogen-bond acceptors (Lipinski definition) is 3. The molecule has 1 saturated heterocycles. The van der Waals surface area contributed by atoms with Gasteiger partial charge in [0.05, 0.1) is 6.04 Å². The predicted molar refractivity (Wildman–Crippen MR) is 60.0 cm³/mol. The van der Waals surface area contributed by atoms with Gasteiger partial charge in [-0.15, -0.1) is 0 Å². The van der Waals surface area contributed by atoms with Crippen molar-refractivity contribution in [1.82, 2.24) is 9.88 Å². The summed E-state index contributed by atoms with van der Waals surface area (Å²) in [6, 6.07) is 4.10. The summed E-state index contributed by atoms with van der Waals surface area (Å²) < 4.78 is 5.08. The molecule has 1 amide bonds. The second kappa shape index (κ2) is 4.12. The van der Waals surface area contributed by atoms with Gasteiger partial charge in [0.25, 0.3) is 0 Å². The highest BCUT2D eigenvalue weighted by molar-refractivity contribution is 5.70. The highest BCUT2D eigenvalue weighted by Gasteiger charge is 2.35. The molecule has 0 bridgehead atoms. The number of cyclic esters (lactones) is 1. The van der Waals surface area contributed by atoms with Crippen LogP contribution < -0.4 is 0 Å². The Bertz CT molecular complexity index is 387. The molecule has 1 aromatic heterocycles. The molecule has 2 heterocycles. The molecule has 4 nitrogen and oxygen atoms in total. The van der Waals surface area contributed by atoms with E-state index in [1.807, 2.05) is 39.1 Å². The second-order valence-electron chi connectivity index (χ2n) is 4.33. The summed E-state index contributed by atoms with van der Waals surface area (Å²) in [5.74, 6) is 0. The van der Waals surface area contributed by atoms with Crippen LogP contribution >= 0.6 is 0 Å². The van der Waals surface area contributed by atoms with Crippen LogP contribution in [-0.2, 0) is 4.74 Å². The van der Waals surface area contributed by atoms with Gasteiger partial charge in [-0.25, -0.2) is 4.79 Å². The first-order valence-corrected chi connectivity index (χ1v) is 5.47. The number of rotatable bonds is 2. The Morgan fingerprint density at radius 3 is 2.81 bits per heavy atom. The van der Waals surface area contributed by atoms with Crippen LogP contribution in [0.4, 0.5) is 4.79 Å². The minimum absolute atomic E-state index is 0.000556. The van der Waals surface area contributed by atoms with Crippen molar-refractivity contribution in [2.45, 2.75) is 32.9 Å². The van der Waals surface area contributed by atoms with Gasteiger partial charge in [0, 0.05) is 17.9 Å². The van der Waals surface area contributed by atoms with Crippen LogP contribution in [0.15, 0.2) is 18.3 Å². The van der Waals surface area contributed by atoms with Crippen LogP contribution in [0.2, 0.25) is 0 Å². The van der Waals surface area contributed by atoms with Gasteiger partial charge in [0.1, 0.15) is 6.61 Å². The number of aromatic nitrogens is 1. The average Bonchev–Trinajstić information content (AvgIpc) is 2.61. The van der Waals surface area contributed by atoms with Crippen molar-refractivity contribution in [1.29, 1.82) is 0 Å². The third kappa shape index (κ3) is 1.87. The third-order valence-electron chi connectivity index (χ3n) is 2.79. The number of pyridine rings is 1. The van der Waals surface area contributed by atoms with Crippen molar-refractivity contribution < 1.29 is 9.53 Å². The largest absolute Gasteiger partial charge is 0.447 e. The summed E-state index contributed by atoms with van der Waals surface area (Å²) in [5, 5.41) is 0. The molecular formula is C12H16N2O2. The van der Waals surface area contributed by atoms with Gasteiger partial charge in [-0.1, -0.05) is 6.07 Å². The lowest BCUT2D eigenvalue weighted by atomic mass is 10.1. The highest BCUT2D eigenvalue weighted by Crippen LogP contribution is 2.29. The van der Waals surface area contributed by atoms with Crippen molar-refractivity contribution >= 4 is 6.09 Å². The Balaban J connectivity index is 2.26. The van der Waals surface area contributed by atoms with E-state index >= 15 is 0 Å². The summed E-state index contributed by atoms with van der Waals surface area (Å²) >= 11 is 0. The van der Waals surface area contributed by atoms with Crippen LogP contribution in [-0.4, -0.2) is 28.6 Å². The molecule has 0 aliphatic carbocycles. The average molecular weight is 220 g/mol. The maximum atomic E-state index is 11.5. The zero-order chi connectivity index (χ0) is 11.7. The van der Waals surface area contributed by atoms with E-state index in [0.29, 0.717) is 6.61 Å². The molecule has 0 N–H and O–H groups in total. The Morgan fingerprint density at radius 1 is 1.50 bits per heavy atom. The van der Waals surface area contributed by atoms with Crippen LogP contribution in [0.3, 0.4) is 0 Å². The van der Waals surface area contributed by atoms with Gasteiger partial charge < -0.3 is 4.74 Å². The molecule has 2 rings (SSSR count). The first kappa shape index (κ1) is 10.9. The van der Waals surface area contributed by atoms with Crippen molar-refractivity contribution in [3.05, 3.63) is 29.6 Å². The lowest BCUT2D eigenvalue weighted by Gasteiger charge is -2.25. The monoisotopic (exact) mass is 220 g/mol. The molecule has 86 valence electrons. The molecule has 1 fully saturated rings. The fourth-order valence-corrected chi connectivity index (χ4v) is 1.94. The van der Waals surface area contributed by atoms with Crippen molar-refractivity contribution in [3.8, 4) is 0 Å². The number of carbonyl (C=O) groups excluding carboxylic acids is 1. The molecule has 0 spiro atoms. The minimum atomic E-state index is -0.236. The number of ether oxygens (including phenoxy) is 1. The Morgan fingerprint density at radius 2 is 2.25 bits per heavy atom. The topological polar surface area (TPSA) is 42.4 Å². The summed E-state index contributed by atoms with van der Waals surface area (Å²) in [7, 11) is 0. The van der Waals surface area contributed by atoms with Crippen LogP contribution in [0.25, 0.3) is 0 Å². The van der Waals surface area contributed by atoms with Crippen molar-refractivity contribution in [2.75, 3.05) is 6.61 Å². The minimum Gasteiger partial charge on any atom is -0.447 e. The molecule has 16 heavy (non-hydrogen) atoms. The Hall–Kier alpha value is -1.58. The predicted octanol–water partition coefficient (Wildman–Crippen LogP) is 2.29. The van der Waals surface area contributed by atoms with E-state index in [1.165, 1.54) is 0 Å². The van der Waals surface area contributed by atoms with Gasteiger partial charge in [0.2, 0.25) is 0 Å². The molecular weight excluding hydrogens is 204 g/mol. The normalized spacial score (nSPS) is 20.4. The molecule has 0 saturated carbocycles. The number of amides is 1. The fraction of sp³-hybridized carbons (Fsp3) is 0.500. The number of nitrogens with zero attached hydrogens (tertiary/aromatic N) is 2. The Kier molecular flexibility index (Phi) is 2.81. The number of hydrogen-bond donors (Lipinski definition) is 0. The quantitative estimate of drug-likeness (QED) is 0.768. The van der Waals surface area contributed by atoms with Crippen molar-refractivity contribution in [2.24, 2.45) is 0 Å². The number of aryl methyl sites for hydroxylation is 1. The first-order valence-electron chi connectivity index (χ1n) is 5.47. The van der Waals surface area contributed by atoms with E-state index in [-0.39, 0.29) is 18.2 Å². The maximum Gasteiger partial charge on any atom is 0.410 e. The highest BCUT2D eigenvalue weighted by atomic mass is 16.6. The SMILES string of the molecule is Cc1ccc(C2COC(=O)N2C(C)C)cn1. The van der Waals surface area contributed by atoms with E-state index in [9.17, 15) is 4.79 Å². The Labute approximate surface area is 95.2 Å². The van der Waals surface area contributed by atoms with Gasteiger partial charge in [-0.05, 0) is 32.4 Å². The molecule has 1 aliphatic heterocycles. The summed E-state index contributed by atoms with van der Waals surface area (Å²) in [6.45, 7) is 6.34. The summed E-state index contributed by atoms with van der Waals surface area (Å²) in [5.41, 5.74) is 2.01. The third-order valence-corrected chi connectivity index (χ3v) is 2.79. The lowest BCUT2D eigenvalue weighted by Crippen LogP contribution is -2.34. The molecule has 0 aromatic carbocycles. The van der Waals surface area contributed by atoms with E-state index < -0.39 is 0 Å². The molecule has 1 aromatic rings. The molecule has 0 radical (unpaired) electrons. The van der Waals surface area contributed by atoms with Gasteiger partial charge in [-0.2, -0.15) is 0 Å². The van der Waals surface area contributed by atoms with Gasteiger partial charge in [-0.3, -0.25) is 9.88 Å². The van der Waals surface area contributed by atoms with Crippen molar-refractivity contribution in [3.63, 3.8) is 0 Å². The standard InChI is InChI=1S/C12H16N2O2/c1-8(2)14-11(7-16-12(14)15)10-5-4-9(3)13-6-10/h4-6,8,11H,7H2,1-3H3. The van der Waals surface area contributed by atoms with E-state index in [4.69, 9.17) is 4.74 Å². The fourth-order valence-electron chi connectivity index (χ4n) is 1.94. The number of carbonyl (C=O) groups is 1. The van der Waals surface area contributed by atoms with Crippen LogP contribution in [0.5, 0.6) is 0 Å². The van der Waals surface area contributed by atoms with Crippen LogP contribution in [0.1, 0.15) is 31.1 Å². The zero-order valence-electron chi connectivity index (χ0n) is 9.80. The smallest absolute Gasteiger partial charge is 0.410 e. The maximum absolute atomic E-state index is 11.5. The second-order valence-corrected chi connectivity index (χ2v) is 4.33.